The number of sulfone groups is 1. The summed E-state index contributed by atoms with van der Waals surface area (Å²) < 4.78 is 22.7. The predicted molar refractivity (Wildman–Crippen MR) is 68.1 cm³/mol. The number of nitrogens with one attached hydrogen (secondary N) is 1. The molecule has 0 fully saturated rings. The molecule has 18 heavy (non-hydrogen) atoms. The summed E-state index contributed by atoms with van der Waals surface area (Å²) in [5.41, 5.74) is 5.56. The third kappa shape index (κ3) is 3.44. The van der Waals surface area contributed by atoms with Crippen molar-refractivity contribution in [2.45, 2.75) is 24.3 Å². The predicted octanol–water partition coefficient (Wildman–Crippen LogP) is 0.471. The zero-order valence-electron chi connectivity index (χ0n) is 10.2. The second kappa shape index (κ2) is 5.36. The average molecular weight is 272 g/mol. The van der Waals surface area contributed by atoms with Crippen LogP contribution >= 0.6 is 0 Å². The molecule has 100 valence electrons. The Kier molecular flexibility index (Phi) is 4.31. The van der Waals surface area contributed by atoms with Gasteiger partial charge in [0, 0.05) is 6.26 Å². The molecule has 1 unspecified atom stereocenters. The molecule has 1 atom stereocenters. The van der Waals surface area contributed by atoms with Crippen LogP contribution in [0.4, 0.5) is 5.69 Å². The van der Waals surface area contributed by atoms with Crippen LogP contribution in [0.15, 0.2) is 23.1 Å². The highest BCUT2D eigenvalue weighted by Gasteiger charge is 2.15. The van der Waals surface area contributed by atoms with Gasteiger partial charge in [0.1, 0.15) is 5.75 Å². The van der Waals surface area contributed by atoms with Crippen LogP contribution < -0.4 is 11.1 Å². The number of hydrogen-bond acceptors (Lipinski definition) is 5. The number of phenolic OH excluding ortho intramolecular Hbond substituents is 1. The van der Waals surface area contributed by atoms with Crippen molar-refractivity contribution in [3.8, 4) is 5.75 Å². The number of carbonyl (C=O) groups excluding carboxylic acids is 1. The van der Waals surface area contributed by atoms with E-state index < -0.39 is 21.8 Å². The minimum atomic E-state index is -3.40. The Morgan fingerprint density at radius 3 is 2.61 bits per heavy atom. The van der Waals surface area contributed by atoms with E-state index in [9.17, 15) is 18.3 Å². The first-order chi connectivity index (χ1) is 8.25. The fourth-order valence-corrected chi connectivity index (χ4v) is 1.90. The summed E-state index contributed by atoms with van der Waals surface area (Å²) in [6.07, 6.45) is 1.49. The van der Waals surface area contributed by atoms with Crippen molar-refractivity contribution in [3.05, 3.63) is 18.2 Å². The third-order valence-corrected chi connectivity index (χ3v) is 3.54. The minimum absolute atomic E-state index is 0.0145. The lowest BCUT2D eigenvalue weighted by Gasteiger charge is -2.12. The summed E-state index contributed by atoms with van der Waals surface area (Å²) in [6.45, 7) is 1.75. The van der Waals surface area contributed by atoms with Crippen LogP contribution in [0, 0.1) is 0 Å². The van der Waals surface area contributed by atoms with Crippen molar-refractivity contribution in [1.29, 1.82) is 0 Å². The van der Waals surface area contributed by atoms with Gasteiger partial charge in [0.15, 0.2) is 9.84 Å². The van der Waals surface area contributed by atoms with Gasteiger partial charge in [-0.2, -0.15) is 0 Å². The summed E-state index contributed by atoms with van der Waals surface area (Å²) in [6, 6.07) is 2.97. The molecule has 7 heteroatoms. The molecule has 0 radical (unpaired) electrons. The van der Waals surface area contributed by atoms with Crippen LogP contribution in [0.25, 0.3) is 0 Å². The second-order valence-corrected chi connectivity index (χ2v) is 5.97. The molecule has 0 aliphatic carbocycles. The van der Waals surface area contributed by atoms with Crippen molar-refractivity contribution in [2.24, 2.45) is 5.73 Å². The minimum Gasteiger partial charge on any atom is -0.506 e. The lowest BCUT2D eigenvalue weighted by Crippen LogP contribution is -2.34. The number of hydrogen-bond donors (Lipinski definition) is 3. The largest absolute Gasteiger partial charge is 0.506 e. The number of rotatable bonds is 4. The SMILES string of the molecule is CCC(N)C(=O)Nc1cc(S(C)(=O)=O)ccc1O. The smallest absolute Gasteiger partial charge is 0.241 e. The molecule has 1 aromatic rings. The van der Waals surface area contributed by atoms with E-state index in [1.165, 1.54) is 18.2 Å². The quantitative estimate of drug-likeness (QED) is 0.690. The summed E-state index contributed by atoms with van der Waals surface area (Å²) in [5.74, 6) is -0.683. The number of phenols is 1. The van der Waals surface area contributed by atoms with Crippen LogP contribution in [0.2, 0.25) is 0 Å². The maximum absolute atomic E-state index is 11.6. The van der Waals surface area contributed by atoms with Gasteiger partial charge in [-0.15, -0.1) is 0 Å². The van der Waals surface area contributed by atoms with E-state index in [4.69, 9.17) is 5.73 Å². The molecule has 0 saturated carbocycles. The fraction of sp³-hybridized carbons (Fsp3) is 0.364. The van der Waals surface area contributed by atoms with Gasteiger partial charge < -0.3 is 16.2 Å². The first-order valence-corrected chi connectivity index (χ1v) is 7.24. The van der Waals surface area contributed by atoms with Gasteiger partial charge in [0.05, 0.1) is 16.6 Å². The van der Waals surface area contributed by atoms with Gasteiger partial charge in [-0.05, 0) is 24.6 Å². The lowest BCUT2D eigenvalue weighted by molar-refractivity contribution is -0.117. The van der Waals surface area contributed by atoms with Crippen LogP contribution in [-0.2, 0) is 14.6 Å². The van der Waals surface area contributed by atoms with Crippen molar-refractivity contribution < 1.29 is 18.3 Å². The molecular weight excluding hydrogens is 256 g/mol. The van der Waals surface area contributed by atoms with E-state index >= 15 is 0 Å². The van der Waals surface area contributed by atoms with Crippen molar-refractivity contribution in [2.75, 3.05) is 11.6 Å². The molecule has 0 aliphatic rings. The Balaban J connectivity index is 3.06. The lowest BCUT2D eigenvalue weighted by atomic mass is 10.2. The molecule has 0 saturated heterocycles. The average Bonchev–Trinajstić information content (AvgIpc) is 2.29. The highest BCUT2D eigenvalue weighted by Crippen LogP contribution is 2.26. The van der Waals surface area contributed by atoms with Gasteiger partial charge in [-0.3, -0.25) is 4.79 Å². The zero-order valence-corrected chi connectivity index (χ0v) is 11.0. The summed E-state index contributed by atoms with van der Waals surface area (Å²) in [4.78, 5) is 11.6. The number of benzene rings is 1. The van der Waals surface area contributed by atoms with Crippen LogP contribution in [0.1, 0.15) is 13.3 Å². The Bertz CT molecular complexity index is 554. The molecule has 0 aliphatic heterocycles. The molecule has 4 N–H and O–H groups in total. The van der Waals surface area contributed by atoms with E-state index in [2.05, 4.69) is 5.32 Å². The topological polar surface area (TPSA) is 109 Å². The van der Waals surface area contributed by atoms with E-state index in [1.807, 2.05) is 0 Å². The first kappa shape index (κ1) is 14.5. The first-order valence-electron chi connectivity index (χ1n) is 5.35. The highest BCUT2D eigenvalue weighted by molar-refractivity contribution is 7.90. The van der Waals surface area contributed by atoms with Crippen LogP contribution in [-0.4, -0.2) is 31.7 Å². The summed E-state index contributed by atoms with van der Waals surface area (Å²) >= 11 is 0. The third-order valence-electron chi connectivity index (χ3n) is 2.43. The van der Waals surface area contributed by atoms with E-state index in [-0.39, 0.29) is 16.3 Å². The summed E-state index contributed by atoms with van der Waals surface area (Å²) in [7, 11) is -3.40. The fourth-order valence-electron chi connectivity index (χ4n) is 1.26. The van der Waals surface area contributed by atoms with Gasteiger partial charge in [-0.1, -0.05) is 6.92 Å². The van der Waals surface area contributed by atoms with E-state index in [0.29, 0.717) is 6.42 Å². The number of nitrogens with two attached hydrogens (primary N) is 1. The molecule has 6 nitrogen and oxygen atoms in total. The molecule has 1 aromatic carbocycles. The summed E-state index contributed by atoms with van der Waals surface area (Å²) in [5, 5.41) is 11.9. The van der Waals surface area contributed by atoms with Gasteiger partial charge in [-0.25, -0.2) is 8.42 Å². The Labute approximate surface area is 106 Å². The molecule has 0 bridgehead atoms. The van der Waals surface area contributed by atoms with E-state index in [1.54, 1.807) is 6.92 Å². The number of anilines is 1. The zero-order chi connectivity index (χ0) is 13.9. The van der Waals surface area contributed by atoms with Crippen molar-refractivity contribution in [1.82, 2.24) is 0 Å². The molecule has 0 spiro atoms. The van der Waals surface area contributed by atoms with Crippen molar-refractivity contribution >= 4 is 21.4 Å². The molecule has 1 amide bonds. The van der Waals surface area contributed by atoms with Crippen LogP contribution in [0.3, 0.4) is 0 Å². The monoisotopic (exact) mass is 272 g/mol. The number of carbonyl (C=O) groups is 1. The maximum Gasteiger partial charge on any atom is 0.241 e. The molecule has 0 aromatic heterocycles. The molecule has 1 rings (SSSR count). The molecular formula is C11H16N2O4S. The normalized spacial score (nSPS) is 13.1. The molecule has 0 heterocycles. The van der Waals surface area contributed by atoms with Crippen LogP contribution in [0.5, 0.6) is 5.75 Å². The van der Waals surface area contributed by atoms with E-state index in [0.717, 1.165) is 6.26 Å². The standard InChI is InChI=1S/C11H16N2O4S/c1-3-8(12)11(15)13-9-6-7(18(2,16)17)4-5-10(9)14/h4-6,8,14H,3,12H2,1-2H3,(H,13,15). The van der Waals surface area contributed by atoms with Gasteiger partial charge in [0.25, 0.3) is 0 Å². The van der Waals surface area contributed by atoms with Gasteiger partial charge in [0.2, 0.25) is 5.91 Å². The highest BCUT2D eigenvalue weighted by atomic mass is 32.2. The Morgan fingerprint density at radius 2 is 2.11 bits per heavy atom. The van der Waals surface area contributed by atoms with Gasteiger partial charge >= 0.3 is 0 Å². The van der Waals surface area contributed by atoms with Crippen molar-refractivity contribution in [3.63, 3.8) is 0 Å². The number of aromatic hydroxyl groups is 1. The Hall–Kier alpha value is -1.60. The maximum atomic E-state index is 11.6. The second-order valence-electron chi connectivity index (χ2n) is 3.96. The Morgan fingerprint density at radius 1 is 1.50 bits per heavy atom. The number of amides is 1.